The molecular formula is C16H20N3O3+. The van der Waals surface area contributed by atoms with Crippen molar-refractivity contribution in [3.05, 3.63) is 54.6 Å². The lowest BCUT2D eigenvalue weighted by molar-refractivity contribution is -0.867. The minimum Gasteiger partial charge on any atom is -0.415 e. The smallest absolute Gasteiger partial charge is 0.415 e. The van der Waals surface area contributed by atoms with Gasteiger partial charge in [0.15, 0.2) is 6.17 Å². The summed E-state index contributed by atoms with van der Waals surface area (Å²) in [6.45, 7) is 0.580. The maximum Gasteiger partial charge on any atom is 0.517 e. The topological polar surface area (TPSA) is 64.3 Å². The van der Waals surface area contributed by atoms with E-state index in [1.54, 1.807) is 19.6 Å². The van der Waals surface area contributed by atoms with Gasteiger partial charge in [-0.15, -0.1) is 0 Å². The number of aromatic nitrogens is 2. The molecule has 3 rings (SSSR count). The van der Waals surface area contributed by atoms with Crippen LogP contribution in [0.4, 0.5) is 4.79 Å². The molecule has 2 heterocycles. The van der Waals surface area contributed by atoms with Crippen LogP contribution in [0.1, 0.15) is 18.2 Å². The average molecular weight is 302 g/mol. The molecule has 0 spiro atoms. The Hall–Kier alpha value is -2.18. The fourth-order valence-corrected chi connectivity index (χ4v) is 3.03. The molecule has 1 unspecified atom stereocenters. The van der Waals surface area contributed by atoms with Crippen molar-refractivity contribution in [2.45, 2.75) is 25.3 Å². The first-order valence-electron chi connectivity index (χ1n) is 7.31. The third kappa shape index (κ3) is 2.75. The van der Waals surface area contributed by atoms with Gasteiger partial charge in [0.05, 0.1) is 19.8 Å². The number of likely N-dealkylation sites (tertiary alicyclic amines) is 1. The molecule has 0 saturated carbocycles. The number of hydrogen-bond acceptors (Lipinski definition) is 4. The standard InChI is InChI=1S/C16H20N3O3/c1-19(16(21)22-11-13-5-3-2-4-6-13)10-14(20)9-15(19)18-8-7-17-12-18/h2-8,12,14-15,20H,9-11H2,1H3/q+1/t14-,15+,19?/m1/s1. The van der Waals surface area contributed by atoms with E-state index in [0.29, 0.717) is 13.0 Å². The van der Waals surface area contributed by atoms with Crippen molar-refractivity contribution in [1.29, 1.82) is 0 Å². The van der Waals surface area contributed by atoms with E-state index in [4.69, 9.17) is 4.74 Å². The number of nitrogens with zero attached hydrogens (tertiary/aromatic N) is 3. The Bertz CT molecular complexity index is 629. The van der Waals surface area contributed by atoms with Crippen molar-refractivity contribution in [2.24, 2.45) is 0 Å². The maximum absolute atomic E-state index is 12.6. The molecule has 1 amide bonds. The molecule has 3 atom stereocenters. The van der Waals surface area contributed by atoms with Gasteiger partial charge in [0, 0.05) is 12.4 Å². The Kier molecular flexibility index (Phi) is 3.96. The van der Waals surface area contributed by atoms with Crippen LogP contribution in [0.15, 0.2) is 49.1 Å². The summed E-state index contributed by atoms with van der Waals surface area (Å²) in [5.41, 5.74) is 0.946. The van der Waals surface area contributed by atoms with E-state index in [9.17, 15) is 9.90 Å². The van der Waals surface area contributed by atoms with Gasteiger partial charge >= 0.3 is 6.09 Å². The average Bonchev–Trinajstić information content (AvgIpc) is 3.14. The van der Waals surface area contributed by atoms with Crippen molar-refractivity contribution in [1.82, 2.24) is 9.55 Å². The number of likely N-dealkylation sites (N-methyl/N-ethyl adjacent to an activating group) is 1. The highest BCUT2D eigenvalue weighted by Crippen LogP contribution is 2.34. The highest BCUT2D eigenvalue weighted by atomic mass is 16.6. The number of amides is 1. The van der Waals surface area contributed by atoms with Crippen molar-refractivity contribution >= 4 is 6.09 Å². The number of hydrogen-bond donors (Lipinski definition) is 1. The SMILES string of the molecule is C[N+]1(C(=O)OCc2ccccc2)C[C@H](O)C[C@H]1n1ccnc1. The lowest BCUT2D eigenvalue weighted by atomic mass is 10.2. The number of carbonyl (C=O) groups excluding carboxylic acids is 1. The second kappa shape index (κ2) is 5.90. The Morgan fingerprint density at radius 3 is 2.91 bits per heavy atom. The van der Waals surface area contributed by atoms with Crippen LogP contribution in [0.5, 0.6) is 0 Å². The number of rotatable bonds is 3. The number of quaternary nitrogens is 1. The van der Waals surface area contributed by atoms with Crippen LogP contribution in [0.2, 0.25) is 0 Å². The Morgan fingerprint density at radius 1 is 1.45 bits per heavy atom. The molecule has 1 fully saturated rings. The number of imidazole rings is 1. The minimum atomic E-state index is -0.526. The monoisotopic (exact) mass is 302 g/mol. The number of benzene rings is 1. The maximum atomic E-state index is 12.6. The molecule has 116 valence electrons. The Balaban J connectivity index is 1.74. The molecule has 1 aliphatic heterocycles. The number of carbonyl (C=O) groups is 1. The van der Waals surface area contributed by atoms with Crippen LogP contribution in [0, 0.1) is 0 Å². The van der Waals surface area contributed by atoms with E-state index in [0.717, 1.165) is 5.56 Å². The van der Waals surface area contributed by atoms with Crippen LogP contribution in [0.3, 0.4) is 0 Å². The fourth-order valence-electron chi connectivity index (χ4n) is 3.03. The van der Waals surface area contributed by atoms with Gasteiger partial charge in [-0.2, -0.15) is 4.79 Å². The molecular weight excluding hydrogens is 282 g/mol. The fraction of sp³-hybridized carbons (Fsp3) is 0.375. The molecule has 1 aromatic carbocycles. The van der Waals surface area contributed by atoms with Crippen molar-refractivity contribution in [2.75, 3.05) is 13.6 Å². The summed E-state index contributed by atoms with van der Waals surface area (Å²) < 4.78 is 7.36. The molecule has 22 heavy (non-hydrogen) atoms. The molecule has 1 aromatic heterocycles. The molecule has 0 bridgehead atoms. The highest BCUT2D eigenvalue weighted by molar-refractivity contribution is 5.60. The van der Waals surface area contributed by atoms with Crippen molar-refractivity contribution in [3.63, 3.8) is 0 Å². The van der Waals surface area contributed by atoms with E-state index in [1.807, 2.05) is 41.1 Å². The second-order valence-corrected chi connectivity index (χ2v) is 5.87. The van der Waals surface area contributed by atoms with E-state index >= 15 is 0 Å². The Morgan fingerprint density at radius 2 is 2.23 bits per heavy atom. The molecule has 1 N–H and O–H groups in total. The largest absolute Gasteiger partial charge is 0.517 e. The van der Waals surface area contributed by atoms with Gasteiger partial charge in [-0.25, -0.2) is 9.47 Å². The molecule has 1 saturated heterocycles. The van der Waals surface area contributed by atoms with Crippen molar-refractivity contribution < 1.29 is 19.1 Å². The van der Waals surface area contributed by atoms with Gasteiger partial charge in [-0.3, -0.25) is 4.57 Å². The van der Waals surface area contributed by atoms with Gasteiger partial charge in [-0.05, 0) is 5.56 Å². The zero-order chi connectivity index (χ0) is 15.6. The van der Waals surface area contributed by atoms with Gasteiger partial charge < -0.3 is 9.84 Å². The van der Waals surface area contributed by atoms with Crippen LogP contribution in [0.25, 0.3) is 0 Å². The number of aliphatic hydroxyl groups is 1. The van der Waals surface area contributed by atoms with Crippen LogP contribution < -0.4 is 0 Å². The summed E-state index contributed by atoms with van der Waals surface area (Å²) >= 11 is 0. The first-order chi connectivity index (χ1) is 10.6. The van der Waals surface area contributed by atoms with Crippen LogP contribution >= 0.6 is 0 Å². The normalized spacial score (nSPS) is 27.7. The molecule has 1 aliphatic rings. The number of ether oxygens (including phenoxy) is 1. The molecule has 0 radical (unpaired) electrons. The summed E-state index contributed by atoms with van der Waals surface area (Å²) in [5.74, 6) is 0. The lowest BCUT2D eigenvalue weighted by Gasteiger charge is -2.31. The van der Waals surface area contributed by atoms with Crippen LogP contribution in [-0.2, 0) is 11.3 Å². The first kappa shape index (κ1) is 14.7. The van der Waals surface area contributed by atoms with E-state index < -0.39 is 6.10 Å². The summed E-state index contributed by atoms with van der Waals surface area (Å²) in [5, 5.41) is 10.0. The zero-order valence-electron chi connectivity index (χ0n) is 12.5. The van der Waals surface area contributed by atoms with E-state index in [-0.39, 0.29) is 23.3 Å². The third-order valence-corrected chi connectivity index (χ3v) is 4.22. The Labute approximate surface area is 129 Å². The molecule has 0 aliphatic carbocycles. The highest BCUT2D eigenvalue weighted by Gasteiger charge is 2.51. The zero-order valence-corrected chi connectivity index (χ0v) is 12.5. The van der Waals surface area contributed by atoms with Gasteiger partial charge in [0.25, 0.3) is 0 Å². The van der Waals surface area contributed by atoms with E-state index in [1.165, 1.54) is 0 Å². The first-order valence-corrected chi connectivity index (χ1v) is 7.31. The van der Waals surface area contributed by atoms with Gasteiger partial charge in [0.2, 0.25) is 0 Å². The summed E-state index contributed by atoms with van der Waals surface area (Å²) in [7, 11) is 1.80. The third-order valence-electron chi connectivity index (χ3n) is 4.22. The second-order valence-electron chi connectivity index (χ2n) is 5.87. The lowest BCUT2D eigenvalue weighted by Crippen LogP contribution is -2.51. The summed E-state index contributed by atoms with van der Waals surface area (Å²) in [4.78, 5) is 16.6. The predicted octanol–water partition coefficient (Wildman–Crippen LogP) is 1.93. The quantitative estimate of drug-likeness (QED) is 0.880. The summed E-state index contributed by atoms with van der Waals surface area (Å²) in [6.07, 6.45) is 4.60. The van der Waals surface area contributed by atoms with E-state index in [2.05, 4.69) is 4.98 Å². The minimum absolute atomic E-state index is 0.0182. The summed E-state index contributed by atoms with van der Waals surface area (Å²) in [6, 6.07) is 9.57. The van der Waals surface area contributed by atoms with Crippen LogP contribution in [-0.4, -0.2) is 44.9 Å². The van der Waals surface area contributed by atoms with Gasteiger partial charge in [0.1, 0.15) is 19.3 Å². The molecule has 2 aromatic rings. The van der Waals surface area contributed by atoms with Crippen molar-refractivity contribution in [3.8, 4) is 0 Å². The molecule has 6 nitrogen and oxygen atoms in total. The molecule has 6 heteroatoms. The number of aliphatic hydroxyl groups excluding tert-OH is 1. The van der Waals surface area contributed by atoms with Gasteiger partial charge in [-0.1, -0.05) is 30.3 Å². The predicted molar refractivity (Wildman–Crippen MR) is 79.6 cm³/mol.